The highest BCUT2D eigenvalue weighted by atomic mass is 35.5. The van der Waals surface area contributed by atoms with Crippen molar-refractivity contribution in [3.8, 4) is 5.75 Å². The van der Waals surface area contributed by atoms with Crippen LogP contribution in [0.15, 0.2) is 30.6 Å². The van der Waals surface area contributed by atoms with E-state index < -0.39 is 0 Å². The monoisotopic (exact) mass is 510 g/mol. The quantitative estimate of drug-likeness (QED) is 0.308. The molecule has 11 heteroatoms. The van der Waals surface area contributed by atoms with Crippen molar-refractivity contribution in [2.24, 2.45) is 0 Å². The van der Waals surface area contributed by atoms with Crippen molar-refractivity contribution in [2.75, 3.05) is 57.1 Å². The van der Waals surface area contributed by atoms with E-state index in [9.17, 15) is 0 Å². The van der Waals surface area contributed by atoms with Gasteiger partial charge in [0.25, 0.3) is 0 Å². The van der Waals surface area contributed by atoms with Crippen molar-refractivity contribution in [1.82, 2.24) is 29.9 Å². The Morgan fingerprint density at radius 1 is 1.08 bits per heavy atom. The van der Waals surface area contributed by atoms with Crippen LogP contribution in [0.4, 0.5) is 11.6 Å². The van der Waals surface area contributed by atoms with Crippen molar-refractivity contribution in [3.05, 3.63) is 41.2 Å². The van der Waals surface area contributed by atoms with E-state index in [4.69, 9.17) is 26.1 Å². The average Bonchev–Trinajstić information content (AvgIpc) is 3.34. The van der Waals surface area contributed by atoms with Crippen molar-refractivity contribution >= 4 is 45.0 Å². The molecule has 0 bridgehead atoms. The van der Waals surface area contributed by atoms with Crippen LogP contribution in [0.25, 0.3) is 21.8 Å². The fourth-order valence-electron chi connectivity index (χ4n) is 4.49. The SMILES string of the molecule is CCn1ncc2c3c(NCc4ccc(OC)c(Cl)c4)nnc(NCCCN4CCOCC4)c3cnc21. The lowest BCUT2D eigenvalue weighted by Gasteiger charge is -2.26. The Labute approximate surface area is 214 Å². The molecular formula is C25H31ClN8O2. The normalized spacial score (nSPS) is 14.4. The number of rotatable bonds is 10. The predicted molar refractivity (Wildman–Crippen MR) is 142 cm³/mol. The first kappa shape index (κ1) is 24.5. The van der Waals surface area contributed by atoms with E-state index in [1.54, 1.807) is 7.11 Å². The number of nitrogens with one attached hydrogen (secondary N) is 2. The van der Waals surface area contributed by atoms with Gasteiger partial charge in [0.1, 0.15) is 5.75 Å². The molecule has 1 fully saturated rings. The number of halogens is 1. The fraction of sp³-hybridized carbons (Fsp3) is 0.440. The molecule has 1 aromatic carbocycles. The molecule has 0 amide bonds. The number of fused-ring (bicyclic) bond motifs is 3. The molecular weight excluding hydrogens is 480 g/mol. The van der Waals surface area contributed by atoms with Crippen LogP contribution in [-0.2, 0) is 17.8 Å². The summed E-state index contributed by atoms with van der Waals surface area (Å²) < 4.78 is 12.6. The number of hydrogen-bond acceptors (Lipinski definition) is 9. The Morgan fingerprint density at radius 3 is 2.69 bits per heavy atom. The number of benzene rings is 1. The zero-order valence-electron chi connectivity index (χ0n) is 20.6. The maximum absolute atomic E-state index is 6.32. The summed E-state index contributed by atoms with van der Waals surface area (Å²) in [6.45, 7) is 8.75. The van der Waals surface area contributed by atoms with Crippen LogP contribution >= 0.6 is 11.6 Å². The Balaban J connectivity index is 1.39. The molecule has 0 radical (unpaired) electrons. The van der Waals surface area contributed by atoms with E-state index in [0.717, 1.165) is 85.5 Å². The minimum absolute atomic E-state index is 0.533. The lowest BCUT2D eigenvalue weighted by atomic mass is 10.1. The molecule has 4 aromatic rings. The number of aryl methyl sites for hydroxylation is 1. The van der Waals surface area contributed by atoms with Crippen molar-refractivity contribution in [3.63, 3.8) is 0 Å². The maximum atomic E-state index is 6.32. The van der Waals surface area contributed by atoms with Crippen molar-refractivity contribution < 1.29 is 9.47 Å². The van der Waals surface area contributed by atoms with E-state index in [1.807, 2.05) is 35.3 Å². The summed E-state index contributed by atoms with van der Waals surface area (Å²) >= 11 is 6.32. The number of methoxy groups -OCH3 is 1. The summed E-state index contributed by atoms with van der Waals surface area (Å²) in [5.41, 5.74) is 1.84. The maximum Gasteiger partial charge on any atom is 0.158 e. The van der Waals surface area contributed by atoms with E-state index in [-0.39, 0.29) is 0 Å². The number of aromatic nitrogens is 5. The van der Waals surface area contributed by atoms with Crippen LogP contribution in [-0.4, -0.2) is 76.4 Å². The van der Waals surface area contributed by atoms with Crippen molar-refractivity contribution in [1.29, 1.82) is 0 Å². The summed E-state index contributed by atoms with van der Waals surface area (Å²) in [5, 5.41) is 23.9. The second-order valence-corrected chi connectivity index (χ2v) is 9.11. The predicted octanol–water partition coefficient (Wildman–Crippen LogP) is 3.80. The molecule has 0 spiro atoms. The second kappa shape index (κ2) is 11.2. The molecule has 36 heavy (non-hydrogen) atoms. The second-order valence-electron chi connectivity index (χ2n) is 8.70. The molecule has 5 rings (SSSR count). The van der Waals surface area contributed by atoms with Crippen LogP contribution < -0.4 is 15.4 Å². The summed E-state index contributed by atoms with van der Waals surface area (Å²) in [4.78, 5) is 7.13. The van der Waals surface area contributed by atoms with Gasteiger partial charge >= 0.3 is 0 Å². The Hall–Kier alpha value is -3.21. The first-order valence-corrected chi connectivity index (χ1v) is 12.7. The smallest absolute Gasteiger partial charge is 0.158 e. The largest absolute Gasteiger partial charge is 0.495 e. The lowest BCUT2D eigenvalue weighted by molar-refractivity contribution is 0.0378. The highest BCUT2D eigenvalue weighted by molar-refractivity contribution is 6.32. The summed E-state index contributed by atoms with van der Waals surface area (Å²) in [5.74, 6) is 2.05. The number of pyridine rings is 1. The average molecular weight is 511 g/mol. The first-order chi connectivity index (χ1) is 17.7. The van der Waals surface area contributed by atoms with Gasteiger partial charge in [-0.05, 0) is 37.6 Å². The molecule has 2 N–H and O–H groups in total. The van der Waals surface area contributed by atoms with Gasteiger partial charge in [-0.2, -0.15) is 5.10 Å². The van der Waals surface area contributed by atoms with Gasteiger partial charge in [0.05, 0.1) is 36.9 Å². The van der Waals surface area contributed by atoms with Crippen LogP contribution in [0.1, 0.15) is 18.9 Å². The van der Waals surface area contributed by atoms with Gasteiger partial charge in [0.2, 0.25) is 0 Å². The topological polar surface area (TPSA) is 102 Å². The third-order valence-corrected chi connectivity index (χ3v) is 6.73. The van der Waals surface area contributed by atoms with Crippen molar-refractivity contribution in [2.45, 2.75) is 26.4 Å². The fourth-order valence-corrected chi connectivity index (χ4v) is 4.77. The van der Waals surface area contributed by atoms with Gasteiger partial charge in [-0.15, -0.1) is 10.2 Å². The molecule has 3 aromatic heterocycles. The van der Waals surface area contributed by atoms with Crippen LogP contribution in [0.5, 0.6) is 5.75 Å². The van der Waals surface area contributed by atoms with Crippen LogP contribution in [0.3, 0.4) is 0 Å². The molecule has 0 saturated carbocycles. The third-order valence-electron chi connectivity index (χ3n) is 6.43. The van der Waals surface area contributed by atoms with Crippen LogP contribution in [0, 0.1) is 0 Å². The van der Waals surface area contributed by atoms with Gasteiger partial charge in [-0.1, -0.05) is 17.7 Å². The lowest BCUT2D eigenvalue weighted by Crippen LogP contribution is -2.37. The van der Waals surface area contributed by atoms with E-state index in [2.05, 4.69) is 37.8 Å². The van der Waals surface area contributed by atoms with E-state index >= 15 is 0 Å². The molecule has 1 saturated heterocycles. The number of anilines is 2. The van der Waals surface area contributed by atoms with Gasteiger partial charge < -0.3 is 20.1 Å². The zero-order chi connectivity index (χ0) is 24.9. The third kappa shape index (κ3) is 5.16. The molecule has 4 heterocycles. The number of morpholine rings is 1. The molecule has 10 nitrogen and oxygen atoms in total. The first-order valence-electron chi connectivity index (χ1n) is 12.3. The molecule has 190 valence electrons. The Kier molecular flexibility index (Phi) is 7.64. The standard InChI is InChI=1S/C25H31ClN8O2/c1-3-34-25-19(16-30-34)22-18(15-29-25)23(27-7-4-8-33-9-11-36-12-10-33)31-32-24(22)28-14-17-5-6-21(35-2)20(26)13-17/h5-6,13,15-16H,3-4,7-12,14H2,1-2H3,(H,27,31)(H,28,32). The van der Waals surface area contributed by atoms with E-state index in [0.29, 0.717) is 23.1 Å². The number of nitrogens with zero attached hydrogens (tertiary/aromatic N) is 6. The number of hydrogen-bond donors (Lipinski definition) is 2. The van der Waals surface area contributed by atoms with Gasteiger partial charge in [0, 0.05) is 49.7 Å². The number of ether oxygens (including phenoxy) is 2. The highest BCUT2D eigenvalue weighted by Crippen LogP contribution is 2.32. The molecule has 1 aliphatic heterocycles. The summed E-state index contributed by atoms with van der Waals surface area (Å²) in [6.07, 6.45) is 4.72. The Morgan fingerprint density at radius 2 is 1.92 bits per heavy atom. The summed E-state index contributed by atoms with van der Waals surface area (Å²) in [6, 6.07) is 5.73. The molecule has 0 unspecified atom stereocenters. The van der Waals surface area contributed by atoms with Gasteiger partial charge in [0.15, 0.2) is 17.3 Å². The minimum atomic E-state index is 0.533. The van der Waals surface area contributed by atoms with E-state index in [1.165, 1.54) is 0 Å². The van der Waals surface area contributed by atoms with Crippen LogP contribution in [0.2, 0.25) is 5.02 Å². The highest BCUT2D eigenvalue weighted by Gasteiger charge is 2.17. The molecule has 0 aliphatic carbocycles. The Bertz CT molecular complexity index is 1340. The summed E-state index contributed by atoms with van der Waals surface area (Å²) in [7, 11) is 1.61. The molecule has 1 aliphatic rings. The molecule has 0 atom stereocenters. The van der Waals surface area contributed by atoms with Gasteiger partial charge in [-0.25, -0.2) is 9.67 Å². The van der Waals surface area contributed by atoms with Gasteiger partial charge in [-0.3, -0.25) is 4.90 Å². The zero-order valence-corrected chi connectivity index (χ0v) is 21.4. The minimum Gasteiger partial charge on any atom is -0.495 e.